The van der Waals surface area contributed by atoms with E-state index in [4.69, 9.17) is 4.74 Å². The fourth-order valence-corrected chi connectivity index (χ4v) is 2.41. The van der Waals surface area contributed by atoms with Crippen LogP contribution in [0.2, 0.25) is 0 Å². The Morgan fingerprint density at radius 1 is 1.04 bits per heavy atom. The maximum atomic E-state index is 12.5. The van der Waals surface area contributed by atoms with Crippen LogP contribution in [0.25, 0.3) is 6.08 Å². The molecule has 4 nitrogen and oxygen atoms in total. The van der Waals surface area contributed by atoms with Crippen molar-refractivity contribution >= 4 is 17.8 Å². The fraction of sp³-hybridized carbons (Fsp3) is 0.238. The van der Waals surface area contributed by atoms with Gasteiger partial charge in [0, 0.05) is 11.6 Å². The molecule has 2 rings (SSSR count). The summed E-state index contributed by atoms with van der Waals surface area (Å²) in [6.45, 7) is 2.33. The molecule has 1 unspecified atom stereocenters. The molecule has 0 saturated carbocycles. The van der Waals surface area contributed by atoms with Crippen molar-refractivity contribution < 1.29 is 27.8 Å². The average Bonchev–Trinajstić information content (AvgIpc) is 2.62. The van der Waals surface area contributed by atoms with Gasteiger partial charge >= 0.3 is 12.6 Å². The lowest BCUT2D eigenvalue weighted by Gasteiger charge is -2.13. The summed E-state index contributed by atoms with van der Waals surface area (Å²) in [7, 11) is 0. The van der Waals surface area contributed by atoms with E-state index in [0.29, 0.717) is 11.1 Å². The molecule has 0 aliphatic heterocycles. The molecule has 0 spiro atoms. The fourth-order valence-electron chi connectivity index (χ4n) is 2.41. The topological polar surface area (TPSA) is 52.6 Å². The summed E-state index contributed by atoms with van der Waals surface area (Å²) >= 11 is 0. The van der Waals surface area contributed by atoms with Gasteiger partial charge < -0.3 is 9.47 Å². The summed E-state index contributed by atoms with van der Waals surface area (Å²) in [5.41, 5.74) is 2.88. The second kappa shape index (κ2) is 9.07. The van der Waals surface area contributed by atoms with Crippen LogP contribution in [-0.2, 0) is 9.53 Å². The van der Waals surface area contributed by atoms with Crippen molar-refractivity contribution in [2.45, 2.75) is 33.5 Å². The van der Waals surface area contributed by atoms with Gasteiger partial charge in [-0.3, -0.25) is 4.79 Å². The maximum Gasteiger partial charge on any atom is 0.387 e. The first-order chi connectivity index (χ1) is 12.8. The number of benzene rings is 2. The quantitative estimate of drug-likeness (QED) is 0.399. The van der Waals surface area contributed by atoms with Gasteiger partial charge in [-0.05, 0) is 56.2 Å². The van der Waals surface area contributed by atoms with Gasteiger partial charge in [-0.1, -0.05) is 29.8 Å². The van der Waals surface area contributed by atoms with Gasteiger partial charge in [0.1, 0.15) is 5.75 Å². The highest BCUT2D eigenvalue weighted by Gasteiger charge is 2.20. The van der Waals surface area contributed by atoms with Gasteiger partial charge in [0.05, 0.1) is 0 Å². The molecule has 142 valence electrons. The first kappa shape index (κ1) is 20.3. The third-order valence-corrected chi connectivity index (χ3v) is 3.84. The van der Waals surface area contributed by atoms with Crippen molar-refractivity contribution in [3.8, 4) is 5.75 Å². The number of esters is 1. The molecule has 0 saturated heterocycles. The van der Waals surface area contributed by atoms with Gasteiger partial charge in [0.15, 0.2) is 6.10 Å². The Labute approximate surface area is 156 Å². The molecule has 1 atom stereocenters. The maximum absolute atomic E-state index is 12.5. The van der Waals surface area contributed by atoms with E-state index < -0.39 is 18.7 Å². The van der Waals surface area contributed by atoms with Crippen LogP contribution in [0.4, 0.5) is 8.78 Å². The van der Waals surface area contributed by atoms with E-state index in [2.05, 4.69) is 4.74 Å². The molecule has 0 aliphatic carbocycles. The van der Waals surface area contributed by atoms with E-state index in [1.165, 1.54) is 43.3 Å². The van der Waals surface area contributed by atoms with Crippen LogP contribution in [0.15, 0.2) is 48.5 Å². The molecule has 0 radical (unpaired) electrons. The van der Waals surface area contributed by atoms with Crippen molar-refractivity contribution in [3.05, 3.63) is 70.8 Å². The molecule has 0 aromatic heterocycles. The van der Waals surface area contributed by atoms with Gasteiger partial charge in [-0.2, -0.15) is 8.78 Å². The van der Waals surface area contributed by atoms with Crippen LogP contribution < -0.4 is 4.74 Å². The number of hydrogen-bond donors (Lipinski definition) is 0. The molecule has 2 aromatic carbocycles. The number of ether oxygens (including phenoxy) is 2. The number of halogens is 2. The second-order valence-electron chi connectivity index (χ2n) is 6.04. The molecular formula is C21H20F2O4. The van der Waals surface area contributed by atoms with E-state index in [1.807, 2.05) is 26.0 Å². The molecule has 6 heteroatoms. The van der Waals surface area contributed by atoms with Gasteiger partial charge in [0.25, 0.3) is 0 Å². The zero-order valence-corrected chi connectivity index (χ0v) is 15.2. The largest absolute Gasteiger partial charge is 0.451 e. The molecule has 0 heterocycles. The highest BCUT2D eigenvalue weighted by Crippen LogP contribution is 2.17. The van der Waals surface area contributed by atoms with E-state index in [1.54, 1.807) is 6.07 Å². The molecule has 2 aromatic rings. The lowest BCUT2D eigenvalue weighted by Crippen LogP contribution is -2.24. The van der Waals surface area contributed by atoms with E-state index in [9.17, 15) is 18.4 Å². The van der Waals surface area contributed by atoms with Gasteiger partial charge in [-0.25, -0.2) is 4.79 Å². The molecule has 0 amide bonds. The minimum Gasteiger partial charge on any atom is -0.451 e. The standard InChI is InChI=1S/C21H20F2O4/c1-13-4-5-14(2)18(12-13)20(25)15(3)26-19(24)11-8-16-6-9-17(10-7-16)27-21(22)23/h4-12,15,21H,1-3H3/b11-8+. The number of Topliss-reactive ketones (excluding diaryl/α,β-unsaturated/α-hetero) is 1. The molecular weight excluding hydrogens is 354 g/mol. The summed E-state index contributed by atoms with van der Waals surface area (Å²) in [6.07, 6.45) is 1.71. The molecule has 0 bridgehead atoms. The third-order valence-electron chi connectivity index (χ3n) is 3.84. The SMILES string of the molecule is Cc1ccc(C)c(C(=O)C(C)OC(=O)/C=C/c2ccc(OC(F)F)cc2)c1. The smallest absolute Gasteiger partial charge is 0.387 e. The minimum atomic E-state index is -2.89. The Balaban J connectivity index is 1.97. The minimum absolute atomic E-state index is 0.0254. The first-order valence-corrected chi connectivity index (χ1v) is 8.31. The van der Waals surface area contributed by atoms with Crippen molar-refractivity contribution in [2.24, 2.45) is 0 Å². The Kier molecular flexibility index (Phi) is 6.82. The van der Waals surface area contributed by atoms with Crippen molar-refractivity contribution in [1.82, 2.24) is 0 Å². The van der Waals surface area contributed by atoms with Crippen LogP contribution in [-0.4, -0.2) is 24.5 Å². The normalized spacial score (nSPS) is 12.2. The summed E-state index contributed by atoms with van der Waals surface area (Å²) in [4.78, 5) is 24.4. The summed E-state index contributed by atoms with van der Waals surface area (Å²) < 4.78 is 33.6. The predicted molar refractivity (Wildman–Crippen MR) is 97.9 cm³/mol. The average molecular weight is 374 g/mol. The van der Waals surface area contributed by atoms with Crippen molar-refractivity contribution in [1.29, 1.82) is 0 Å². The number of rotatable bonds is 7. The first-order valence-electron chi connectivity index (χ1n) is 8.31. The summed E-state index contributed by atoms with van der Waals surface area (Å²) in [5, 5.41) is 0. The molecule has 0 fully saturated rings. The molecule has 0 aliphatic rings. The molecule has 27 heavy (non-hydrogen) atoms. The van der Waals surface area contributed by atoms with Crippen molar-refractivity contribution in [3.63, 3.8) is 0 Å². The Hall–Kier alpha value is -3.02. The van der Waals surface area contributed by atoms with Crippen LogP contribution in [0.1, 0.15) is 34.0 Å². The van der Waals surface area contributed by atoms with Gasteiger partial charge in [0.2, 0.25) is 5.78 Å². The molecule has 0 N–H and O–H groups in total. The highest BCUT2D eigenvalue weighted by molar-refractivity contribution is 6.02. The number of aryl methyl sites for hydroxylation is 2. The predicted octanol–water partition coefficient (Wildman–Crippen LogP) is 4.73. The number of hydrogen-bond acceptors (Lipinski definition) is 4. The van der Waals surface area contributed by atoms with Gasteiger partial charge in [-0.15, -0.1) is 0 Å². The highest BCUT2D eigenvalue weighted by atomic mass is 19.3. The van der Waals surface area contributed by atoms with E-state index >= 15 is 0 Å². The summed E-state index contributed by atoms with van der Waals surface area (Å²) in [6, 6.07) is 11.3. The lowest BCUT2D eigenvalue weighted by atomic mass is 9.99. The van der Waals surface area contributed by atoms with Crippen LogP contribution >= 0.6 is 0 Å². The number of carbonyl (C=O) groups is 2. The third kappa shape index (κ3) is 6.02. The Morgan fingerprint density at radius 3 is 2.33 bits per heavy atom. The Bertz CT molecular complexity index is 842. The zero-order chi connectivity index (χ0) is 20.0. The number of ketones is 1. The van der Waals surface area contributed by atoms with E-state index in [-0.39, 0.29) is 11.5 Å². The van der Waals surface area contributed by atoms with E-state index in [0.717, 1.165) is 11.1 Å². The monoisotopic (exact) mass is 374 g/mol. The Morgan fingerprint density at radius 2 is 1.70 bits per heavy atom. The lowest BCUT2D eigenvalue weighted by molar-refractivity contribution is -0.140. The number of alkyl halides is 2. The second-order valence-corrected chi connectivity index (χ2v) is 6.04. The van der Waals surface area contributed by atoms with Crippen LogP contribution in [0.3, 0.4) is 0 Å². The van der Waals surface area contributed by atoms with Crippen LogP contribution in [0.5, 0.6) is 5.75 Å². The zero-order valence-electron chi connectivity index (χ0n) is 15.2. The summed E-state index contributed by atoms with van der Waals surface area (Å²) in [5.74, 6) is -0.919. The number of carbonyl (C=O) groups excluding carboxylic acids is 2. The van der Waals surface area contributed by atoms with Crippen molar-refractivity contribution in [2.75, 3.05) is 0 Å². The van der Waals surface area contributed by atoms with Crippen LogP contribution in [0, 0.1) is 13.8 Å².